The van der Waals surface area contributed by atoms with Crippen LogP contribution in [0.2, 0.25) is 0 Å². The molecule has 0 spiro atoms. The third-order valence-electron chi connectivity index (χ3n) is 5.31. The highest BCUT2D eigenvalue weighted by Crippen LogP contribution is 2.42. The average molecular weight is 329 g/mol. The second kappa shape index (κ2) is 6.75. The van der Waals surface area contributed by atoms with E-state index in [9.17, 15) is 14.4 Å². The summed E-state index contributed by atoms with van der Waals surface area (Å²) in [5.74, 6) is -0.469. The van der Waals surface area contributed by atoms with Crippen LogP contribution in [0.3, 0.4) is 0 Å². The van der Waals surface area contributed by atoms with E-state index < -0.39 is 12.0 Å². The van der Waals surface area contributed by atoms with Crippen LogP contribution in [0.5, 0.6) is 0 Å². The number of esters is 1. The van der Waals surface area contributed by atoms with E-state index in [1.165, 1.54) is 7.11 Å². The van der Waals surface area contributed by atoms with E-state index in [0.717, 1.165) is 18.4 Å². The third kappa shape index (κ3) is 3.21. The van der Waals surface area contributed by atoms with E-state index in [0.29, 0.717) is 24.2 Å². The number of aryl methyl sites for hydroxylation is 1. The standard InChI is InChI=1S/C19H23NO4/c1-11-3-5-12(6-4-11)16(19(23)24-2)20-18(22)15-9-13-7-8-14(10-15)17(13)21/h3-6,13-16H,7-10H2,1-2H3,(H,20,22). The molecule has 1 aromatic rings. The Morgan fingerprint density at radius 2 is 1.71 bits per heavy atom. The second-order valence-corrected chi connectivity index (χ2v) is 6.92. The van der Waals surface area contributed by atoms with Crippen LogP contribution in [0.4, 0.5) is 0 Å². The number of ether oxygens (including phenoxy) is 1. The first-order valence-electron chi connectivity index (χ1n) is 8.48. The number of amides is 1. The summed E-state index contributed by atoms with van der Waals surface area (Å²) in [4.78, 5) is 36.8. The van der Waals surface area contributed by atoms with E-state index in [-0.39, 0.29) is 23.7 Å². The second-order valence-electron chi connectivity index (χ2n) is 6.92. The molecule has 0 saturated heterocycles. The minimum absolute atomic E-state index is 0.0236. The molecular formula is C19H23NO4. The van der Waals surface area contributed by atoms with Gasteiger partial charge in [0.1, 0.15) is 5.78 Å². The van der Waals surface area contributed by atoms with Crippen LogP contribution in [0.25, 0.3) is 0 Å². The molecule has 2 aliphatic rings. The Labute approximate surface area is 141 Å². The molecule has 24 heavy (non-hydrogen) atoms. The number of hydrogen-bond acceptors (Lipinski definition) is 4. The normalized spacial score (nSPS) is 26.8. The molecule has 0 aliphatic heterocycles. The molecule has 3 rings (SSSR count). The highest BCUT2D eigenvalue weighted by Gasteiger charge is 2.44. The van der Waals surface area contributed by atoms with Gasteiger partial charge in [-0.1, -0.05) is 29.8 Å². The summed E-state index contributed by atoms with van der Waals surface area (Å²) in [6.45, 7) is 1.96. The van der Waals surface area contributed by atoms with Crippen molar-refractivity contribution in [3.05, 3.63) is 35.4 Å². The molecule has 0 radical (unpaired) electrons. The van der Waals surface area contributed by atoms with Gasteiger partial charge in [0.05, 0.1) is 7.11 Å². The Morgan fingerprint density at radius 3 is 2.25 bits per heavy atom. The molecule has 3 unspecified atom stereocenters. The number of ketones is 1. The van der Waals surface area contributed by atoms with Crippen molar-refractivity contribution >= 4 is 17.7 Å². The molecule has 1 amide bonds. The van der Waals surface area contributed by atoms with E-state index in [1.807, 2.05) is 31.2 Å². The van der Waals surface area contributed by atoms with Crippen LogP contribution in [0.1, 0.15) is 42.9 Å². The van der Waals surface area contributed by atoms with Gasteiger partial charge in [0.15, 0.2) is 6.04 Å². The lowest BCUT2D eigenvalue weighted by atomic mass is 9.79. The van der Waals surface area contributed by atoms with Crippen molar-refractivity contribution in [3.8, 4) is 0 Å². The summed E-state index contributed by atoms with van der Waals surface area (Å²) in [6.07, 6.45) is 2.99. The Balaban J connectivity index is 1.73. The number of carbonyl (C=O) groups is 3. The predicted octanol–water partition coefficient (Wildman–Crippen LogP) is 2.33. The zero-order valence-corrected chi connectivity index (χ0v) is 14.1. The third-order valence-corrected chi connectivity index (χ3v) is 5.31. The molecule has 5 heteroatoms. The summed E-state index contributed by atoms with van der Waals surface area (Å²) in [5, 5.41) is 2.83. The summed E-state index contributed by atoms with van der Waals surface area (Å²) in [5.41, 5.74) is 1.78. The highest BCUT2D eigenvalue weighted by atomic mass is 16.5. The Hall–Kier alpha value is -2.17. The molecular weight excluding hydrogens is 306 g/mol. The quantitative estimate of drug-likeness (QED) is 0.861. The van der Waals surface area contributed by atoms with Gasteiger partial charge in [0, 0.05) is 17.8 Å². The van der Waals surface area contributed by atoms with Crippen molar-refractivity contribution in [1.82, 2.24) is 5.32 Å². The van der Waals surface area contributed by atoms with Gasteiger partial charge in [0.25, 0.3) is 0 Å². The lowest BCUT2D eigenvalue weighted by Gasteiger charge is -2.27. The van der Waals surface area contributed by atoms with Gasteiger partial charge < -0.3 is 10.1 Å². The number of benzene rings is 1. The zero-order valence-electron chi connectivity index (χ0n) is 14.1. The number of nitrogens with one attached hydrogen (secondary N) is 1. The smallest absolute Gasteiger partial charge is 0.333 e. The molecule has 2 fully saturated rings. The zero-order chi connectivity index (χ0) is 17.3. The van der Waals surface area contributed by atoms with Crippen molar-refractivity contribution in [2.75, 3.05) is 7.11 Å². The maximum atomic E-state index is 12.7. The molecule has 1 aromatic carbocycles. The summed E-state index contributed by atoms with van der Waals surface area (Å²) >= 11 is 0. The fourth-order valence-corrected chi connectivity index (χ4v) is 3.90. The topological polar surface area (TPSA) is 72.5 Å². The van der Waals surface area contributed by atoms with E-state index >= 15 is 0 Å². The van der Waals surface area contributed by atoms with Crippen molar-refractivity contribution < 1.29 is 19.1 Å². The van der Waals surface area contributed by atoms with Crippen molar-refractivity contribution in [3.63, 3.8) is 0 Å². The molecule has 3 atom stereocenters. The number of carbonyl (C=O) groups excluding carboxylic acids is 3. The van der Waals surface area contributed by atoms with Gasteiger partial charge >= 0.3 is 5.97 Å². The van der Waals surface area contributed by atoms with Crippen LogP contribution in [0.15, 0.2) is 24.3 Å². The van der Waals surface area contributed by atoms with Gasteiger partial charge in [-0.05, 0) is 38.2 Å². The van der Waals surface area contributed by atoms with Gasteiger partial charge in [-0.15, -0.1) is 0 Å². The van der Waals surface area contributed by atoms with E-state index in [1.54, 1.807) is 0 Å². The minimum atomic E-state index is -0.807. The van der Waals surface area contributed by atoms with Crippen LogP contribution in [0, 0.1) is 24.7 Å². The van der Waals surface area contributed by atoms with E-state index in [2.05, 4.69) is 5.32 Å². The lowest BCUT2D eigenvalue weighted by molar-refractivity contribution is -0.146. The summed E-state index contributed by atoms with van der Waals surface area (Å²) < 4.78 is 4.85. The monoisotopic (exact) mass is 329 g/mol. The van der Waals surface area contributed by atoms with Crippen molar-refractivity contribution in [2.45, 2.75) is 38.6 Å². The molecule has 128 valence electrons. The van der Waals surface area contributed by atoms with Crippen molar-refractivity contribution in [1.29, 1.82) is 0 Å². The number of hydrogen-bond donors (Lipinski definition) is 1. The molecule has 0 aromatic heterocycles. The molecule has 1 N–H and O–H groups in total. The van der Waals surface area contributed by atoms with Gasteiger partial charge in [-0.2, -0.15) is 0 Å². The first kappa shape index (κ1) is 16.7. The highest BCUT2D eigenvalue weighted by molar-refractivity contribution is 5.91. The molecule has 0 heterocycles. The predicted molar refractivity (Wildman–Crippen MR) is 88.0 cm³/mol. The number of methoxy groups -OCH3 is 1. The molecule has 2 aliphatic carbocycles. The SMILES string of the molecule is COC(=O)C(NC(=O)C1CC2CCC(C1)C2=O)c1ccc(C)cc1. The fraction of sp³-hybridized carbons (Fsp3) is 0.526. The minimum Gasteiger partial charge on any atom is -0.467 e. The molecule has 2 saturated carbocycles. The lowest BCUT2D eigenvalue weighted by Crippen LogP contribution is -2.41. The Kier molecular flexibility index (Phi) is 4.69. The Morgan fingerprint density at radius 1 is 1.12 bits per heavy atom. The van der Waals surface area contributed by atoms with Crippen LogP contribution in [-0.2, 0) is 19.1 Å². The number of rotatable bonds is 4. The Bertz CT molecular complexity index is 636. The van der Waals surface area contributed by atoms with E-state index in [4.69, 9.17) is 4.74 Å². The van der Waals surface area contributed by atoms with Crippen LogP contribution in [-0.4, -0.2) is 24.8 Å². The first-order valence-corrected chi connectivity index (χ1v) is 8.48. The van der Waals surface area contributed by atoms with Crippen LogP contribution < -0.4 is 5.32 Å². The van der Waals surface area contributed by atoms with Gasteiger partial charge in [0.2, 0.25) is 5.91 Å². The fourth-order valence-electron chi connectivity index (χ4n) is 3.90. The number of Topliss-reactive ketones (excluding diaryl/α,β-unsaturated/α-hetero) is 1. The maximum absolute atomic E-state index is 12.7. The first-order chi connectivity index (χ1) is 11.5. The molecule has 2 bridgehead atoms. The summed E-state index contributed by atoms with van der Waals surface area (Å²) in [7, 11) is 1.31. The average Bonchev–Trinajstić information content (AvgIpc) is 2.80. The largest absolute Gasteiger partial charge is 0.467 e. The summed E-state index contributed by atoms with van der Waals surface area (Å²) in [6, 6.07) is 6.64. The van der Waals surface area contributed by atoms with Crippen LogP contribution >= 0.6 is 0 Å². The number of fused-ring (bicyclic) bond motifs is 2. The van der Waals surface area contributed by atoms with Crippen molar-refractivity contribution in [2.24, 2.45) is 17.8 Å². The molecule has 5 nitrogen and oxygen atoms in total. The van der Waals surface area contributed by atoms with Gasteiger partial charge in [-0.25, -0.2) is 4.79 Å². The maximum Gasteiger partial charge on any atom is 0.333 e. The van der Waals surface area contributed by atoms with Gasteiger partial charge in [-0.3, -0.25) is 9.59 Å².